The van der Waals surface area contributed by atoms with E-state index in [4.69, 9.17) is 4.74 Å². The smallest absolute Gasteiger partial charge is 0.325 e. The van der Waals surface area contributed by atoms with E-state index in [0.29, 0.717) is 4.88 Å². The molecule has 0 saturated carbocycles. The lowest BCUT2D eigenvalue weighted by Gasteiger charge is -2.28. The molecule has 1 aromatic rings. The van der Waals surface area contributed by atoms with Crippen molar-refractivity contribution in [3.8, 4) is 0 Å². The van der Waals surface area contributed by atoms with Gasteiger partial charge in [0.25, 0.3) is 5.91 Å². The molecule has 23 heavy (non-hydrogen) atoms. The van der Waals surface area contributed by atoms with E-state index < -0.39 is 12.0 Å². The van der Waals surface area contributed by atoms with Gasteiger partial charge in [0, 0.05) is 6.04 Å². The van der Waals surface area contributed by atoms with Gasteiger partial charge in [0.05, 0.1) is 15.3 Å². The monoisotopic (exact) mass is 404 g/mol. The Morgan fingerprint density at radius 2 is 1.96 bits per heavy atom. The average molecular weight is 405 g/mol. The SMILES string of the molecule is CCOC(=O)CN(C(=O)C(C)NC(=O)c1ccc(Br)s1)C(C)C. The van der Waals surface area contributed by atoms with Crippen LogP contribution in [0, 0.1) is 0 Å². The number of carbonyl (C=O) groups is 3. The van der Waals surface area contributed by atoms with Gasteiger partial charge in [0.2, 0.25) is 5.91 Å². The minimum Gasteiger partial charge on any atom is -0.465 e. The lowest BCUT2D eigenvalue weighted by molar-refractivity contribution is -0.150. The highest BCUT2D eigenvalue weighted by Gasteiger charge is 2.27. The topological polar surface area (TPSA) is 75.7 Å². The summed E-state index contributed by atoms with van der Waals surface area (Å²) >= 11 is 4.58. The summed E-state index contributed by atoms with van der Waals surface area (Å²) in [5, 5.41) is 2.66. The number of carbonyl (C=O) groups excluding carboxylic acids is 3. The van der Waals surface area contributed by atoms with Crippen LogP contribution in [0.1, 0.15) is 37.4 Å². The number of amides is 2. The zero-order chi connectivity index (χ0) is 17.6. The molecular formula is C15H21BrN2O4S. The molecule has 1 unspecified atom stereocenters. The standard InChI is InChI=1S/C15H21BrN2O4S/c1-5-22-13(19)8-18(9(2)3)15(21)10(4)17-14(20)11-6-7-12(16)23-11/h6-7,9-10H,5,8H2,1-4H3,(H,17,20). The summed E-state index contributed by atoms with van der Waals surface area (Å²) in [5.74, 6) is -1.10. The van der Waals surface area contributed by atoms with Gasteiger partial charge in [-0.15, -0.1) is 11.3 Å². The molecule has 6 nitrogen and oxygen atoms in total. The minimum atomic E-state index is -0.736. The maximum atomic E-state index is 12.5. The molecule has 1 atom stereocenters. The molecule has 0 fully saturated rings. The van der Waals surface area contributed by atoms with Crippen LogP contribution in [0.15, 0.2) is 15.9 Å². The van der Waals surface area contributed by atoms with Crippen LogP contribution in [0.5, 0.6) is 0 Å². The number of hydrogen-bond acceptors (Lipinski definition) is 5. The van der Waals surface area contributed by atoms with Crippen molar-refractivity contribution in [2.75, 3.05) is 13.2 Å². The summed E-state index contributed by atoms with van der Waals surface area (Å²) in [6.45, 7) is 7.06. The second-order valence-electron chi connectivity index (χ2n) is 5.16. The Hall–Kier alpha value is -1.41. The van der Waals surface area contributed by atoms with Crippen LogP contribution >= 0.6 is 27.3 Å². The Morgan fingerprint density at radius 1 is 1.30 bits per heavy atom. The van der Waals surface area contributed by atoms with Gasteiger partial charge in [-0.05, 0) is 55.8 Å². The third-order valence-corrected chi connectivity index (χ3v) is 4.65. The van der Waals surface area contributed by atoms with E-state index in [0.717, 1.165) is 3.79 Å². The van der Waals surface area contributed by atoms with E-state index in [1.54, 1.807) is 26.0 Å². The van der Waals surface area contributed by atoms with Crippen LogP contribution in [0.25, 0.3) is 0 Å². The largest absolute Gasteiger partial charge is 0.465 e. The normalized spacial score (nSPS) is 11.9. The average Bonchev–Trinajstić information content (AvgIpc) is 2.90. The maximum absolute atomic E-state index is 12.5. The zero-order valence-electron chi connectivity index (χ0n) is 13.6. The highest BCUT2D eigenvalue weighted by atomic mass is 79.9. The fourth-order valence-corrected chi connectivity index (χ4v) is 3.16. The van der Waals surface area contributed by atoms with Gasteiger partial charge in [0.15, 0.2) is 0 Å². The molecule has 0 aliphatic carbocycles. The van der Waals surface area contributed by atoms with Gasteiger partial charge in [-0.2, -0.15) is 0 Å². The molecule has 0 aliphatic rings. The fourth-order valence-electron chi connectivity index (χ4n) is 1.88. The lowest BCUT2D eigenvalue weighted by atomic mass is 10.2. The number of halogens is 1. The van der Waals surface area contributed by atoms with E-state index in [1.807, 2.05) is 13.8 Å². The van der Waals surface area contributed by atoms with Crippen molar-refractivity contribution in [1.29, 1.82) is 0 Å². The zero-order valence-corrected chi connectivity index (χ0v) is 16.0. The van der Waals surface area contributed by atoms with Crippen molar-refractivity contribution in [2.24, 2.45) is 0 Å². The summed E-state index contributed by atoms with van der Waals surface area (Å²) in [7, 11) is 0. The van der Waals surface area contributed by atoms with Crippen molar-refractivity contribution in [3.05, 3.63) is 20.8 Å². The van der Waals surface area contributed by atoms with Crippen LogP contribution in [-0.2, 0) is 14.3 Å². The minimum absolute atomic E-state index is 0.130. The van der Waals surface area contributed by atoms with E-state index >= 15 is 0 Å². The maximum Gasteiger partial charge on any atom is 0.325 e. The van der Waals surface area contributed by atoms with Crippen LogP contribution in [0.2, 0.25) is 0 Å². The molecule has 0 saturated heterocycles. The molecule has 1 N–H and O–H groups in total. The molecule has 8 heteroatoms. The summed E-state index contributed by atoms with van der Waals surface area (Å²) in [5.41, 5.74) is 0. The van der Waals surface area contributed by atoms with E-state index in [1.165, 1.54) is 16.2 Å². The predicted molar refractivity (Wildman–Crippen MR) is 92.4 cm³/mol. The van der Waals surface area contributed by atoms with E-state index in [-0.39, 0.29) is 31.0 Å². The highest BCUT2D eigenvalue weighted by molar-refractivity contribution is 9.11. The van der Waals surface area contributed by atoms with E-state index in [9.17, 15) is 14.4 Å². The third-order valence-electron chi connectivity index (χ3n) is 3.03. The van der Waals surface area contributed by atoms with Gasteiger partial charge in [0.1, 0.15) is 12.6 Å². The summed E-state index contributed by atoms with van der Waals surface area (Å²) in [6.07, 6.45) is 0. The summed E-state index contributed by atoms with van der Waals surface area (Å²) in [6, 6.07) is 2.54. The van der Waals surface area contributed by atoms with Crippen molar-refractivity contribution >= 4 is 45.1 Å². The molecule has 0 spiro atoms. The second kappa shape index (κ2) is 9.02. The molecule has 128 valence electrons. The summed E-state index contributed by atoms with van der Waals surface area (Å²) in [4.78, 5) is 38.1. The fraction of sp³-hybridized carbons (Fsp3) is 0.533. The number of nitrogens with zero attached hydrogens (tertiary/aromatic N) is 1. The van der Waals surface area contributed by atoms with Crippen LogP contribution < -0.4 is 5.32 Å². The molecule has 0 bridgehead atoms. The number of ether oxygens (including phenoxy) is 1. The van der Waals surface area contributed by atoms with Crippen LogP contribution in [0.3, 0.4) is 0 Å². The molecule has 1 heterocycles. The number of esters is 1. The quantitative estimate of drug-likeness (QED) is 0.707. The predicted octanol–water partition coefficient (Wildman–Crippen LogP) is 2.43. The summed E-state index contributed by atoms with van der Waals surface area (Å²) < 4.78 is 5.72. The molecule has 0 aromatic carbocycles. The van der Waals surface area contributed by atoms with Gasteiger partial charge in [-0.25, -0.2) is 0 Å². The van der Waals surface area contributed by atoms with Crippen molar-refractivity contribution < 1.29 is 19.1 Å². The first-order valence-corrected chi connectivity index (χ1v) is 8.89. The van der Waals surface area contributed by atoms with Crippen molar-refractivity contribution in [1.82, 2.24) is 10.2 Å². The van der Waals surface area contributed by atoms with Gasteiger partial charge in [-0.1, -0.05) is 0 Å². The third kappa shape index (κ3) is 5.95. The first kappa shape index (κ1) is 19.6. The Labute approximate surface area is 148 Å². The van der Waals surface area contributed by atoms with Gasteiger partial charge >= 0.3 is 5.97 Å². The number of rotatable bonds is 7. The Balaban J connectivity index is 2.71. The van der Waals surface area contributed by atoms with Crippen molar-refractivity contribution in [3.63, 3.8) is 0 Å². The molecular weight excluding hydrogens is 384 g/mol. The van der Waals surface area contributed by atoms with Crippen LogP contribution in [0.4, 0.5) is 0 Å². The first-order valence-electron chi connectivity index (χ1n) is 7.28. The number of thiophene rings is 1. The van der Waals surface area contributed by atoms with Crippen LogP contribution in [-0.4, -0.2) is 47.9 Å². The molecule has 0 aliphatic heterocycles. The molecule has 0 radical (unpaired) electrons. The molecule has 1 aromatic heterocycles. The highest BCUT2D eigenvalue weighted by Crippen LogP contribution is 2.22. The number of nitrogens with one attached hydrogen (secondary N) is 1. The number of hydrogen-bond donors (Lipinski definition) is 1. The Morgan fingerprint density at radius 3 is 2.43 bits per heavy atom. The van der Waals surface area contributed by atoms with Gasteiger partial charge in [-0.3, -0.25) is 14.4 Å². The second-order valence-corrected chi connectivity index (χ2v) is 7.63. The first-order chi connectivity index (χ1) is 10.8. The molecule has 2 amide bonds. The Bertz CT molecular complexity index is 574. The van der Waals surface area contributed by atoms with Crippen molar-refractivity contribution in [2.45, 2.75) is 39.8 Å². The van der Waals surface area contributed by atoms with E-state index in [2.05, 4.69) is 21.2 Å². The molecule has 1 rings (SSSR count). The van der Waals surface area contributed by atoms with Gasteiger partial charge < -0.3 is 15.0 Å². The Kier molecular flexibility index (Phi) is 7.70. The lowest BCUT2D eigenvalue weighted by Crippen LogP contribution is -2.51.